The Balaban J connectivity index is 0.00000192. The number of hydrogen-bond acceptors (Lipinski definition) is 5. The van der Waals surface area contributed by atoms with E-state index in [0.29, 0.717) is 22.9 Å². The van der Waals surface area contributed by atoms with Gasteiger partial charge in [-0.15, -0.1) is 12.4 Å². The van der Waals surface area contributed by atoms with Gasteiger partial charge in [-0.1, -0.05) is 12.1 Å². The predicted molar refractivity (Wildman–Crippen MR) is 96.4 cm³/mol. The monoisotopic (exact) mass is 371 g/mol. The zero-order valence-electron chi connectivity index (χ0n) is 12.3. The molecular formula is C16H18ClNO3S2. The summed E-state index contributed by atoms with van der Waals surface area (Å²) in [6, 6.07) is 14.1. The third-order valence-corrected chi connectivity index (χ3v) is 6.40. The molecule has 1 aliphatic rings. The van der Waals surface area contributed by atoms with Crippen molar-refractivity contribution in [3.63, 3.8) is 0 Å². The Morgan fingerprint density at radius 2 is 1.57 bits per heavy atom. The molecule has 2 aromatic rings. The van der Waals surface area contributed by atoms with Crippen LogP contribution < -0.4 is 10.5 Å². The summed E-state index contributed by atoms with van der Waals surface area (Å²) in [7, 11) is -3.19. The molecular weight excluding hydrogens is 354 g/mol. The van der Waals surface area contributed by atoms with Gasteiger partial charge in [-0.3, -0.25) is 0 Å². The second-order valence-corrected chi connectivity index (χ2v) is 8.53. The minimum atomic E-state index is -3.19. The van der Waals surface area contributed by atoms with Crippen molar-refractivity contribution in [3.8, 4) is 11.5 Å². The quantitative estimate of drug-likeness (QED) is 0.789. The summed E-state index contributed by atoms with van der Waals surface area (Å²) < 4.78 is 30.0. The van der Waals surface area contributed by atoms with Crippen molar-refractivity contribution in [1.29, 1.82) is 0 Å². The molecule has 0 amide bonds. The number of ether oxygens (including phenoxy) is 1. The molecule has 1 fully saturated rings. The molecule has 2 aromatic carbocycles. The maximum atomic E-state index is 12.2. The number of thioether (sulfide) groups is 1. The first-order valence-electron chi connectivity index (χ1n) is 6.98. The minimum absolute atomic E-state index is 0. The molecule has 0 radical (unpaired) electrons. The van der Waals surface area contributed by atoms with Crippen LogP contribution in [-0.2, 0) is 16.4 Å². The zero-order chi connectivity index (χ0) is 15.6. The summed E-state index contributed by atoms with van der Waals surface area (Å²) in [6.07, 6.45) is 0. The lowest BCUT2D eigenvalue weighted by Gasteiger charge is -2.08. The highest BCUT2D eigenvalue weighted by Gasteiger charge is 2.29. The van der Waals surface area contributed by atoms with Crippen molar-refractivity contribution in [2.75, 3.05) is 11.5 Å². The van der Waals surface area contributed by atoms with Crippen LogP contribution in [0.1, 0.15) is 5.56 Å². The van der Waals surface area contributed by atoms with Gasteiger partial charge in [0, 0.05) is 17.5 Å². The van der Waals surface area contributed by atoms with Gasteiger partial charge in [0.05, 0.1) is 10.6 Å². The fourth-order valence-corrected chi connectivity index (χ4v) is 4.73. The summed E-state index contributed by atoms with van der Waals surface area (Å²) in [5.41, 5.74) is 6.58. The fourth-order valence-electron chi connectivity index (χ4n) is 2.05. The van der Waals surface area contributed by atoms with E-state index in [1.807, 2.05) is 24.3 Å². The second-order valence-electron chi connectivity index (χ2n) is 5.16. The first-order chi connectivity index (χ1) is 10.6. The third kappa shape index (κ3) is 4.88. The van der Waals surface area contributed by atoms with E-state index in [9.17, 15) is 8.42 Å². The summed E-state index contributed by atoms with van der Waals surface area (Å²) >= 11 is 1.68. The van der Waals surface area contributed by atoms with Crippen molar-refractivity contribution >= 4 is 34.0 Å². The van der Waals surface area contributed by atoms with Gasteiger partial charge in [-0.25, -0.2) is 8.42 Å². The Morgan fingerprint density at radius 3 is 2.04 bits per heavy atom. The van der Waals surface area contributed by atoms with E-state index < -0.39 is 9.84 Å². The highest BCUT2D eigenvalue weighted by atomic mass is 35.5. The Bertz CT molecular complexity index is 742. The molecule has 4 nitrogen and oxygen atoms in total. The third-order valence-electron chi connectivity index (χ3n) is 3.39. The highest BCUT2D eigenvalue weighted by molar-refractivity contribution is 8.08. The van der Waals surface area contributed by atoms with Gasteiger partial charge >= 0.3 is 0 Å². The van der Waals surface area contributed by atoms with E-state index in [2.05, 4.69) is 0 Å². The summed E-state index contributed by atoms with van der Waals surface area (Å²) in [5.74, 6) is 2.47. The average Bonchev–Trinajstić information content (AvgIpc) is 3.32. The molecule has 7 heteroatoms. The second kappa shape index (κ2) is 7.57. The standard InChI is InChI=1S/C16H17NO3S2.ClH/c17-9-12-1-3-13(4-2-12)20-14-5-7-16(8-6-14)22(18,19)11-15-10-21-15;/h1-8,15H,9-11,17H2;1H/t15-;/m0./s1. The van der Waals surface area contributed by atoms with Gasteiger partial charge in [-0.05, 0) is 42.0 Å². The highest BCUT2D eigenvalue weighted by Crippen LogP contribution is 2.33. The first-order valence-corrected chi connectivity index (χ1v) is 9.68. The Morgan fingerprint density at radius 1 is 1.04 bits per heavy atom. The molecule has 0 aliphatic carbocycles. The van der Waals surface area contributed by atoms with E-state index in [0.717, 1.165) is 11.3 Å². The van der Waals surface area contributed by atoms with Crippen LogP contribution >= 0.6 is 24.2 Å². The van der Waals surface area contributed by atoms with Crippen molar-refractivity contribution in [3.05, 3.63) is 54.1 Å². The van der Waals surface area contributed by atoms with Crippen molar-refractivity contribution in [2.24, 2.45) is 5.73 Å². The van der Waals surface area contributed by atoms with E-state index in [-0.39, 0.29) is 23.4 Å². The van der Waals surface area contributed by atoms with Gasteiger partial charge < -0.3 is 10.5 Å². The van der Waals surface area contributed by atoms with Gasteiger partial charge in [0.25, 0.3) is 0 Å². The van der Waals surface area contributed by atoms with Gasteiger partial charge in [0.2, 0.25) is 0 Å². The summed E-state index contributed by atoms with van der Waals surface area (Å²) in [5, 5.41) is 0.266. The normalized spacial score (nSPS) is 16.5. The molecule has 1 atom stereocenters. The smallest absolute Gasteiger partial charge is 0.179 e. The molecule has 2 N–H and O–H groups in total. The maximum Gasteiger partial charge on any atom is 0.179 e. The van der Waals surface area contributed by atoms with E-state index in [1.165, 1.54) is 0 Å². The average molecular weight is 372 g/mol. The fraction of sp³-hybridized carbons (Fsp3) is 0.250. The molecule has 3 rings (SSSR count). The van der Waals surface area contributed by atoms with Gasteiger partial charge in [0.1, 0.15) is 11.5 Å². The molecule has 0 aromatic heterocycles. The summed E-state index contributed by atoms with van der Waals surface area (Å²) in [6.45, 7) is 0.492. The van der Waals surface area contributed by atoms with E-state index in [1.54, 1.807) is 36.0 Å². The van der Waals surface area contributed by atoms with Gasteiger partial charge in [0.15, 0.2) is 9.84 Å². The van der Waals surface area contributed by atoms with Crippen molar-refractivity contribution in [2.45, 2.75) is 16.7 Å². The van der Waals surface area contributed by atoms with Crippen LogP contribution in [0.4, 0.5) is 0 Å². The van der Waals surface area contributed by atoms with Crippen molar-refractivity contribution in [1.82, 2.24) is 0 Å². The Hall–Kier alpha value is -1.21. The first kappa shape index (κ1) is 18.1. The lowest BCUT2D eigenvalue weighted by atomic mass is 10.2. The number of benzene rings is 2. The number of hydrogen-bond donors (Lipinski definition) is 1. The van der Waals surface area contributed by atoms with Crippen LogP contribution in [0.25, 0.3) is 0 Å². The van der Waals surface area contributed by atoms with E-state index >= 15 is 0 Å². The van der Waals surface area contributed by atoms with Crippen LogP contribution in [0.5, 0.6) is 11.5 Å². The molecule has 1 saturated heterocycles. The Kier molecular flexibility index (Phi) is 5.97. The van der Waals surface area contributed by atoms with Crippen LogP contribution in [0, 0.1) is 0 Å². The molecule has 0 bridgehead atoms. The lowest BCUT2D eigenvalue weighted by Crippen LogP contribution is -2.10. The van der Waals surface area contributed by atoms with Crippen LogP contribution in [0.15, 0.2) is 53.4 Å². The number of rotatable bonds is 6. The maximum absolute atomic E-state index is 12.2. The predicted octanol–water partition coefficient (Wildman–Crippen LogP) is 3.25. The molecule has 0 unspecified atom stereocenters. The molecule has 23 heavy (non-hydrogen) atoms. The SMILES string of the molecule is Cl.NCc1ccc(Oc2ccc(S(=O)(=O)C[C@@H]3CS3)cc2)cc1. The number of halogens is 1. The molecule has 1 aliphatic heterocycles. The number of sulfone groups is 1. The zero-order valence-corrected chi connectivity index (χ0v) is 14.8. The molecule has 0 saturated carbocycles. The number of nitrogens with two attached hydrogens (primary N) is 1. The van der Waals surface area contributed by atoms with Crippen LogP contribution in [-0.4, -0.2) is 25.2 Å². The van der Waals surface area contributed by atoms with Crippen LogP contribution in [0.3, 0.4) is 0 Å². The topological polar surface area (TPSA) is 69.4 Å². The molecule has 1 heterocycles. The lowest BCUT2D eigenvalue weighted by molar-refractivity contribution is 0.482. The largest absolute Gasteiger partial charge is 0.457 e. The van der Waals surface area contributed by atoms with E-state index in [4.69, 9.17) is 10.5 Å². The van der Waals surface area contributed by atoms with Gasteiger partial charge in [-0.2, -0.15) is 11.8 Å². The Labute approximate surface area is 146 Å². The minimum Gasteiger partial charge on any atom is -0.457 e. The van der Waals surface area contributed by atoms with Crippen molar-refractivity contribution < 1.29 is 13.2 Å². The molecule has 124 valence electrons. The molecule has 0 spiro atoms. The van der Waals surface area contributed by atoms with Crippen LogP contribution in [0.2, 0.25) is 0 Å². The summed E-state index contributed by atoms with van der Waals surface area (Å²) in [4.78, 5) is 0.353.